The molecule has 0 aromatic carbocycles. The molecule has 2 nitrogen and oxygen atoms in total. The Bertz CT molecular complexity index is 105. The fourth-order valence-corrected chi connectivity index (χ4v) is 0.729. The molecule has 0 heterocycles. The molecular weight excluding hydrogens is 140 g/mol. The van der Waals surface area contributed by atoms with Crippen LogP contribution in [-0.2, 0) is 0 Å². The molecule has 2 atom stereocenters. The third-order valence-corrected chi connectivity index (χ3v) is 1.83. The zero-order valence-electron chi connectivity index (χ0n) is 7.67. The van der Waals surface area contributed by atoms with Gasteiger partial charge in [-0.25, -0.2) is 0 Å². The first-order valence-corrected chi connectivity index (χ1v) is 4.03. The van der Waals surface area contributed by atoms with Gasteiger partial charge in [-0.1, -0.05) is 27.7 Å². The molecule has 0 spiro atoms. The first-order chi connectivity index (χ1) is 4.88. The van der Waals surface area contributed by atoms with Crippen LogP contribution in [0.1, 0.15) is 33.6 Å². The van der Waals surface area contributed by atoms with Crippen molar-refractivity contribution in [3.8, 4) is 0 Å². The highest BCUT2D eigenvalue weighted by Crippen LogP contribution is 2.22. The fourth-order valence-electron chi connectivity index (χ4n) is 0.729. The van der Waals surface area contributed by atoms with Crippen LogP contribution in [0.3, 0.4) is 0 Å². The second-order valence-corrected chi connectivity index (χ2v) is 4.06. The molecule has 0 rings (SSSR count). The van der Waals surface area contributed by atoms with Crippen molar-refractivity contribution < 1.29 is 10.2 Å². The van der Waals surface area contributed by atoms with Crippen LogP contribution < -0.4 is 0 Å². The van der Waals surface area contributed by atoms with Gasteiger partial charge in [-0.05, 0) is 18.3 Å². The predicted octanol–water partition coefficient (Wildman–Crippen LogP) is 1.37. The van der Waals surface area contributed by atoms with Gasteiger partial charge in [-0.15, -0.1) is 0 Å². The van der Waals surface area contributed by atoms with Crippen LogP contribution in [-0.4, -0.2) is 22.4 Å². The van der Waals surface area contributed by atoms with Crippen LogP contribution >= 0.6 is 0 Å². The number of aliphatic hydroxyl groups excluding tert-OH is 2. The largest absolute Gasteiger partial charge is 0.393 e. The summed E-state index contributed by atoms with van der Waals surface area (Å²) in [6, 6.07) is 0. The lowest BCUT2D eigenvalue weighted by atomic mass is 9.85. The van der Waals surface area contributed by atoms with Crippen LogP contribution in [0.5, 0.6) is 0 Å². The zero-order valence-corrected chi connectivity index (χ0v) is 7.67. The lowest BCUT2D eigenvalue weighted by molar-refractivity contribution is 0.0144. The minimum atomic E-state index is -0.468. The molecule has 0 saturated carbocycles. The molecule has 0 saturated heterocycles. The number of hydrogen-bond acceptors (Lipinski definition) is 2. The third kappa shape index (κ3) is 4.38. The van der Waals surface area contributed by atoms with E-state index in [2.05, 4.69) is 6.92 Å². The van der Waals surface area contributed by atoms with Gasteiger partial charge >= 0.3 is 0 Å². The molecule has 2 N–H and O–H groups in total. The molecule has 0 aliphatic rings. The highest BCUT2D eigenvalue weighted by Gasteiger charge is 2.23. The molecule has 0 fully saturated rings. The summed E-state index contributed by atoms with van der Waals surface area (Å²) < 4.78 is 0. The first kappa shape index (κ1) is 10.9. The monoisotopic (exact) mass is 159 g/mol. The quantitative estimate of drug-likeness (QED) is 0.653. The van der Waals surface area contributed by atoms with Crippen molar-refractivity contribution in [2.45, 2.75) is 45.8 Å². The van der Waals surface area contributed by atoms with E-state index in [1.165, 1.54) is 0 Å². The highest BCUT2D eigenvalue weighted by molar-refractivity contribution is 4.75. The SMILES string of the molecule is [CH2]CC(O)CC(O)C(C)(C)C. The van der Waals surface area contributed by atoms with E-state index in [1.807, 2.05) is 20.8 Å². The minimum Gasteiger partial charge on any atom is -0.393 e. The maximum atomic E-state index is 9.50. The van der Waals surface area contributed by atoms with Gasteiger partial charge in [0.1, 0.15) is 0 Å². The minimum absolute atomic E-state index is 0.143. The van der Waals surface area contributed by atoms with E-state index in [4.69, 9.17) is 5.11 Å². The van der Waals surface area contributed by atoms with E-state index in [0.29, 0.717) is 12.8 Å². The van der Waals surface area contributed by atoms with Gasteiger partial charge in [0.2, 0.25) is 0 Å². The second-order valence-electron chi connectivity index (χ2n) is 4.06. The van der Waals surface area contributed by atoms with Crippen molar-refractivity contribution in [2.24, 2.45) is 5.41 Å². The molecule has 67 valence electrons. The molecule has 0 amide bonds. The summed E-state index contributed by atoms with van der Waals surface area (Å²) in [5.41, 5.74) is -0.143. The van der Waals surface area contributed by atoms with Crippen LogP contribution in [0.25, 0.3) is 0 Å². The van der Waals surface area contributed by atoms with Crippen molar-refractivity contribution in [1.29, 1.82) is 0 Å². The topological polar surface area (TPSA) is 40.5 Å². The Labute approximate surface area is 69.2 Å². The predicted molar refractivity (Wildman–Crippen MR) is 46.1 cm³/mol. The fraction of sp³-hybridized carbons (Fsp3) is 0.889. The molecule has 2 heteroatoms. The Morgan fingerprint density at radius 1 is 1.27 bits per heavy atom. The summed E-state index contributed by atoms with van der Waals surface area (Å²) in [5.74, 6) is 0. The van der Waals surface area contributed by atoms with E-state index >= 15 is 0 Å². The van der Waals surface area contributed by atoms with E-state index in [1.54, 1.807) is 0 Å². The van der Waals surface area contributed by atoms with Crippen LogP contribution in [0.2, 0.25) is 0 Å². The summed E-state index contributed by atoms with van der Waals surface area (Å²) in [5, 5.41) is 18.7. The van der Waals surface area contributed by atoms with Crippen molar-refractivity contribution >= 4 is 0 Å². The van der Waals surface area contributed by atoms with E-state index in [0.717, 1.165) is 0 Å². The average molecular weight is 159 g/mol. The molecule has 1 radical (unpaired) electrons. The van der Waals surface area contributed by atoms with Crippen molar-refractivity contribution in [3.05, 3.63) is 6.92 Å². The summed E-state index contributed by atoms with van der Waals surface area (Å²) >= 11 is 0. The molecule has 0 aromatic heterocycles. The number of aliphatic hydroxyl groups is 2. The highest BCUT2D eigenvalue weighted by atomic mass is 16.3. The number of hydrogen-bond donors (Lipinski definition) is 2. The van der Waals surface area contributed by atoms with Gasteiger partial charge in [-0.3, -0.25) is 0 Å². The summed E-state index contributed by atoms with van der Waals surface area (Å²) in [6.07, 6.45) is -0.0244. The van der Waals surface area contributed by atoms with E-state index < -0.39 is 12.2 Å². The Morgan fingerprint density at radius 3 is 2.00 bits per heavy atom. The lowest BCUT2D eigenvalue weighted by Crippen LogP contribution is -2.29. The number of rotatable bonds is 3. The average Bonchev–Trinajstić information content (AvgIpc) is 1.85. The van der Waals surface area contributed by atoms with Gasteiger partial charge < -0.3 is 10.2 Å². The third-order valence-electron chi connectivity index (χ3n) is 1.83. The van der Waals surface area contributed by atoms with Gasteiger partial charge in [0.25, 0.3) is 0 Å². The van der Waals surface area contributed by atoms with Gasteiger partial charge in [-0.2, -0.15) is 0 Å². The van der Waals surface area contributed by atoms with Crippen molar-refractivity contribution in [1.82, 2.24) is 0 Å². The smallest absolute Gasteiger partial charge is 0.0613 e. The molecular formula is C9H19O2. The molecule has 0 bridgehead atoms. The Balaban J connectivity index is 3.77. The normalized spacial score (nSPS) is 18.0. The summed E-state index contributed by atoms with van der Waals surface area (Å²) in [7, 11) is 0. The van der Waals surface area contributed by atoms with E-state index in [9.17, 15) is 5.11 Å². The molecule has 0 aliphatic heterocycles. The molecule has 0 aliphatic carbocycles. The van der Waals surface area contributed by atoms with Crippen LogP contribution in [0.4, 0.5) is 0 Å². The summed E-state index contributed by atoms with van der Waals surface area (Å²) in [4.78, 5) is 0. The molecule has 2 unspecified atom stereocenters. The Kier molecular flexibility index (Phi) is 4.04. The molecule has 11 heavy (non-hydrogen) atoms. The maximum Gasteiger partial charge on any atom is 0.0613 e. The van der Waals surface area contributed by atoms with Crippen molar-refractivity contribution in [3.63, 3.8) is 0 Å². The van der Waals surface area contributed by atoms with Gasteiger partial charge in [0.05, 0.1) is 12.2 Å². The van der Waals surface area contributed by atoms with Crippen LogP contribution in [0, 0.1) is 12.3 Å². The van der Waals surface area contributed by atoms with Crippen LogP contribution in [0.15, 0.2) is 0 Å². The van der Waals surface area contributed by atoms with Crippen molar-refractivity contribution in [2.75, 3.05) is 0 Å². The zero-order chi connectivity index (χ0) is 9.07. The van der Waals surface area contributed by atoms with Gasteiger partial charge in [0, 0.05) is 0 Å². The standard InChI is InChI=1S/C9H19O2/c1-5-7(10)6-8(11)9(2,3)4/h7-8,10-11H,1,5-6H2,2-4H3. The molecule has 0 aromatic rings. The first-order valence-electron chi connectivity index (χ1n) is 4.03. The maximum absolute atomic E-state index is 9.50. The Hall–Kier alpha value is -0.0800. The summed E-state index contributed by atoms with van der Waals surface area (Å²) in [6.45, 7) is 9.42. The van der Waals surface area contributed by atoms with Gasteiger partial charge in [0.15, 0.2) is 0 Å². The second kappa shape index (κ2) is 4.07. The van der Waals surface area contributed by atoms with E-state index in [-0.39, 0.29) is 5.41 Å². The lowest BCUT2D eigenvalue weighted by Gasteiger charge is -2.27. The Morgan fingerprint density at radius 2 is 1.73 bits per heavy atom.